The number of amides is 1. The van der Waals surface area contributed by atoms with Crippen LogP contribution in [0.3, 0.4) is 0 Å². The van der Waals surface area contributed by atoms with Crippen molar-refractivity contribution in [1.29, 1.82) is 0 Å². The van der Waals surface area contributed by atoms with Crippen LogP contribution in [0.2, 0.25) is 0 Å². The minimum Gasteiger partial charge on any atom is -0.377 e. The fourth-order valence-electron chi connectivity index (χ4n) is 1.60. The maximum atomic E-state index is 11.3. The van der Waals surface area contributed by atoms with E-state index in [2.05, 4.69) is 19.3 Å². The average Bonchev–Trinajstić information content (AvgIpc) is 2.36. The maximum Gasteiger partial charge on any atom is 0.238 e. The summed E-state index contributed by atoms with van der Waals surface area (Å²) in [6.07, 6.45) is 1.34. The number of hydrogen-bond donors (Lipinski definition) is 2. The zero-order valence-electron chi connectivity index (χ0n) is 11.1. The highest BCUT2D eigenvalue weighted by atomic mass is 16.5. The summed E-state index contributed by atoms with van der Waals surface area (Å²) in [4.78, 5) is 11.3. The molecule has 1 rings (SSSR count). The van der Waals surface area contributed by atoms with Crippen LogP contribution in [0.25, 0.3) is 0 Å². The minimum absolute atomic E-state index is 0.190. The number of rotatable bonds is 7. The van der Waals surface area contributed by atoms with Crippen LogP contribution in [0.1, 0.15) is 31.4 Å². The van der Waals surface area contributed by atoms with Gasteiger partial charge in [0.05, 0.1) is 13.0 Å². The average molecular weight is 250 g/mol. The fraction of sp³-hybridized carbons (Fsp3) is 0.500. The molecule has 0 atom stereocenters. The van der Waals surface area contributed by atoms with E-state index in [1.807, 2.05) is 24.3 Å². The van der Waals surface area contributed by atoms with Crippen molar-refractivity contribution in [2.24, 2.45) is 11.8 Å². The Bertz CT molecular complexity index is 378. The molecule has 1 amide bonds. The topological polar surface area (TPSA) is 64.3 Å². The monoisotopic (exact) mass is 250 g/mol. The first-order valence-corrected chi connectivity index (χ1v) is 6.27. The van der Waals surface area contributed by atoms with Gasteiger partial charge >= 0.3 is 0 Å². The highest BCUT2D eigenvalue weighted by Crippen LogP contribution is 2.11. The number of hydrogen-bond acceptors (Lipinski definition) is 3. The Hall–Kier alpha value is -1.39. The summed E-state index contributed by atoms with van der Waals surface area (Å²) >= 11 is 0. The Kier molecular flexibility index (Phi) is 6.39. The molecule has 0 saturated carbocycles. The Labute approximate surface area is 108 Å². The maximum absolute atomic E-state index is 11.3. The lowest BCUT2D eigenvalue weighted by Crippen LogP contribution is -2.31. The fourth-order valence-corrected chi connectivity index (χ4v) is 1.60. The molecular weight excluding hydrogens is 228 g/mol. The van der Waals surface area contributed by atoms with Gasteiger partial charge in [0.1, 0.15) is 0 Å². The van der Waals surface area contributed by atoms with Gasteiger partial charge in [-0.3, -0.25) is 10.2 Å². The molecule has 0 aliphatic rings. The second-order valence-electron chi connectivity index (χ2n) is 4.75. The number of carbonyl (C=O) groups is 1. The highest BCUT2D eigenvalue weighted by molar-refractivity contribution is 5.78. The summed E-state index contributed by atoms with van der Waals surface area (Å²) in [6.45, 7) is 5.63. The third-order valence-corrected chi connectivity index (χ3v) is 2.73. The lowest BCUT2D eigenvalue weighted by Gasteiger charge is -2.10. The lowest BCUT2D eigenvalue weighted by molar-refractivity contribution is -0.120. The smallest absolute Gasteiger partial charge is 0.238 e. The quantitative estimate of drug-likeness (QED) is 0.335. The van der Waals surface area contributed by atoms with E-state index in [0.717, 1.165) is 24.2 Å². The molecule has 0 fully saturated rings. The van der Waals surface area contributed by atoms with E-state index in [1.165, 1.54) is 0 Å². The molecule has 0 spiro atoms. The Morgan fingerprint density at radius 3 is 2.61 bits per heavy atom. The first-order valence-electron chi connectivity index (χ1n) is 6.27. The summed E-state index contributed by atoms with van der Waals surface area (Å²) in [5, 5.41) is 0. The second kappa shape index (κ2) is 7.84. The van der Waals surface area contributed by atoms with Crippen LogP contribution in [-0.2, 0) is 22.6 Å². The number of ether oxygens (including phenoxy) is 1. The van der Waals surface area contributed by atoms with Gasteiger partial charge in [-0.05, 0) is 23.5 Å². The van der Waals surface area contributed by atoms with E-state index >= 15 is 0 Å². The van der Waals surface area contributed by atoms with Crippen molar-refractivity contribution in [2.45, 2.75) is 33.3 Å². The number of nitrogens with one attached hydrogen (secondary N) is 1. The largest absolute Gasteiger partial charge is 0.377 e. The van der Waals surface area contributed by atoms with Crippen LogP contribution in [0.5, 0.6) is 0 Å². The second-order valence-corrected chi connectivity index (χ2v) is 4.75. The molecule has 0 aromatic heterocycles. The van der Waals surface area contributed by atoms with Gasteiger partial charge in [0.15, 0.2) is 0 Å². The number of carbonyl (C=O) groups excluding carboxylic acids is 1. The molecule has 1 aromatic carbocycles. The SMILES string of the molecule is CC(C)CCOCc1ccccc1CC(=O)NN. The minimum atomic E-state index is -0.190. The van der Waals surface area contributed by atoms with Gasteiger partial charge in [0.2, 0.25) is 5.91 Å². The Morgan fingerprint density at radius 1 is 1.33 bits per heavy atom. The van der Waals surface area contributed by atoms with Crippen molar-refractivity contribution in [3.05, 3.63) is 35.4 Å². The molecule has 0 bridgehead atoms. The van der Waals surface area contributed by atoms with Crippen LogP contribution in [0.15, 0.2) is 24.3 Å². The highest BCUT2D eigenvalue weighted by Gasteiger charge is 2.06. The lowest BCUT2D eigenvalue weighted by atomic mass is 10.1. The Balaban J connectivity index is 2.51. The van der Waals surface area contributed by atoms with Crippen LogP contribution in [0, 0.1) is 5.92 Å². The molecule has 4 heteroatoms. The number of nitrogens with two attached hydrogens (primary N) is 1. The normalized spacial score (nSPS) is 10.7. The van der Waals surface area contributed by atoms with Gasteiger partial charge in [-0.25, -0.2) is 5.84 Å². The predicted octanol–water partition coefficient (Wildman–Crippen LogP) is 1.78. The van der Waals surface area contributed by atoms with E-state index < -0.39 is 0 Å². The van der Waals surface area contributed by atoms with Crippen molar-refractivity contribution in [3.8, 4) is 0 Å². The van der Waals surface area contributed by atoms with Gasteiger partial charge in [-0.15, -0.1) is 0 Å². The molecule has 0 saturated heterocycles. The zero-order valence-corrected chi connectivity index (χ0v) is 11.1. The van der Waals surface area contributed by atoms with Crippen LogP contribution < -0.4 is 11.3 Å². The van der Waals surface area contributed by atoms with Gasteiger partial charge in [0, 0.05) is 6.61 Å². The van der Waals surface area contributed by atoms with E-state index in [1.54, 1.807) is 0 Å². The molecule has 18 heavy (non-hydrogen) atoms. The predicted molar refractivity (Wildman–Crippen MR) is 71.6 cm³/mol. The van der Waals surface area contributed by atoms with E-state index in [0.29, 0.717) is 18.9 Å². The first kappa shape index (κ1) is 14.7. The summed E-state index contributed by atoms with van der Waals surface area (Å²) in [5.74, 6) is 5.55. The van der Waals surface area contributed by atoms with Crippen molar-refractivity contribution in [2.75, 3.05) is 6.61 Å². The summed E-state index contributed by atoms with van der Waals surface area (Å²) in [7, 11) is 0. The van der Waals surface area contributed by atoms with Gasteiger partial charge < -0.3 is 4.74 Å². The van der Waals surface area contributed by atoms with Crippen molar-refractivity contribution in [3.63, 3.8) is 0 Å². The molecule has 0 aliphatic heterocycles. The van der Waals surface area contributed by atoms with E-state index in [9.17, 15) is 4.79 Å². The van der Waals surface area contributed by atoms with E-state index in [-0.39, 0.29) is 5.91 Å². The Morgan fingerprint density at radius 2 is 2.00 bits per heavy atom. The third-order valence-electron chi connectivity index (χ3n) is 2.73. The summed E-state index contributed by atoms with van der Waals surface area (Å²) in [6, 6.07) is 7.77. The molecule has 0 heterocycles. The molecule has 0 unspecified atom stereocenters. The molecule has 3 N–H and O–H groups in total. The van der Waals surface area contributed by atoms with E-state index in [4.69, 9.17) is 10.6 Å². The van der Waals surface area contributed by atoms with Crippen LogP contribution in [0.4, 0.5) is 0 Å². The molecular formula is C14H22N2O2. The molecule has 1 aromatic rings. The number of hydrazine groups is 1. The molecule has 100 valence electrons. The van der Waals surface area contributed by atoms with Gasteiger partial charge in [-0.2, -0.15) is 0 Å². The number of benzene rings is 1. The van der Waals surface area contributed by atoms with Crippen molar-refractivity contribution >= 4 is 5.91 Å². The first-order chi connectivity index (χ1) is 8.63. The van der Waals surface area contributed by atoms with Gasteiger partial charge in [-0.1, -0.05) is 38.1 Å². The van der Waals surface area contributed by atoms with Crippen molar-refractivity contribution < 1.29 is 9.53 Å². The molecule has 0 aliphatic carbocycles. The van der Waals surface area contributed by atoms with Gasteiger partial charge in [0.25, 0.3) is 0 Å². The zero-order chi connectivity index (χ0) is 13.4. The standard InChI is InChI=1S/C14H22N2O2/c1-11(2)7-8-18-10-13-6-4-3-5-12(13)9-14(17)16-15/h3-6,11H,7-10,15H2,1-2H3,(H,16,17). The van der Waals surface area contributed by atoms with Crippen molar-refractivity contribution in [1.82, 2.24) is 5.43 Å². The van der Waals surface area contributed by atoms with Crippen LogP contribution >= 0.6 is 0 Å². The van der Waals surface area contributed by atoms with Crippen LogP contribution in [-0.4, -0.2) is 12.5 Å². The molecule has 4 nitrogen and oxygen atoms in total. The summed E-state index contributed by atoms with van der Waals surface area (Å²) < 4.78 is 5.62. The molecule has 0 radical (unpaired) electrons. The third kappa shape index (κ3) is 5.29. The summed E-state index contributed by atoms with van der Waals surface area (Å²) in [5.41, 5.74) is 4.15.